The highest BCUT2D eigenvalue weighted by Gasteiger charge is 2.56. The summed E-state index contributed by atoms with van der Waals surface area (Å²) in [5, 5.41) is 6.16. The van der Waals surface area contributed by atoms with Gasteiger partial charge in [0.2, 0.25) is 11.8 Å². The van der Waals surface area contributed by atoms with Crippen molar-refractivity contribution >= 4 is 34.8 Å². The number of hydrogen-bond donors (Lipinski definition) is 2. The molecule has 7 heteroatoms. The molecule has 0 aliphatic heterocycles. The van der Waals surface area contributed by atoms with E-state index in [0.717, 1.165) is 5.56 Å². The van der Waals surface area contributed by atoms with Gasteiger partial charge in [-0.3, -0.25) is 9.59 Å². The summed E-state index contributed by atoms with van der Waals surface area (Å²) in [6.07, 6.45) is 0.978. The maximum absolute atomic E-state index is 12.8. The number of methoxy groups -OCH3 is 2. The number of hydrogen-bond acceptors (Lipinski definition) is 4. The van der Waals surface area contributed by atoms with Crippen molar-refractivity contribution in [3.63, 3.8) is 0 Å². The maximum Gasteiger partial charge on any atom is 0.240 e. The number of aryl methyl sites for hydroxylation is 1. The van der Waals surface area contributed by atoms with Crippen LogP contribution in [0.1, 0.15) is 18.4 Å². The number of carbonyl (C=O) groups excluding carboxylic acids is 2. The van der Waals surface area contributed by atoms with E-state index in [1.165, 1.54) is 7.11 Å². The zero-order valence-electron chi connectivity index (χ0n) is 15.4. The molecule has 0 spiro atoms. The van der Waals surface area contributed by atoms with Crippen LogP contribution in [0.5, 0.6) is 11.5 Å². The van der Waals surface area contributed by atoms with Crippen LogP contribution in [-0.4, -0.2) is 26.0 Å². The molecule has 6 nitrogen and oxygen atoms in total. The Morgan fingerprint density at radius 2 is 1.63 bits per heavy atom. The molecule has 0 bridgehead atoms. The fraction of sp³-hybridized carbons (Fsp3) is 0.300. The molecule has 2 aromatic rings. The topological polar surface area (TPSA) is 76.7 Å². The van der Waals surface area contributed by atoms with Gasteiger partial charge in [-0.2, -0.15) is 0 Å². The van der Waals surface area contributed by atoms with Crippen molar-refractivity contribution in [2.45, 2.75) is 19.8 Å². The molecule has 0 unspecified atom stereocenters. The van der Waals surface area contributed by atoms with E-state index >= 15 is 0 Å². The molecule has 0 radical (unpaired) electrons. The maximum atomic E-state index is 12.8. The Labute approximate surface area is 162 Å². The van der Waals surface area contributed by atoms with E-state index in [1.807, 2.05) is 13.0 Å². The summed E-state index contributed by atoms with van der Waals surface area (Å²) in [5.74, 6) is 0.380. The lowest BCUT2D eigenvalue weighted by Crippen LogP contribution is -2.35. The quantitative estimate of drug-likeness (QED) is 0.732. The molecule has 2 aromatic carbocycles. The number of anilines is 2. The van der Waals surface area contributed by atoms with Crippen LogP contribution in [0.15, 0.2) is 36.4 Å². The Balaban J connectivity index is 1.76. The van der Waals surface area contributed by atoms with Crippen LogP contribution in [0, 0.1) is 12.3 Å². The van der Waals surface area contributed by atoms with Gasteiger partial charge in [-0.25, -0.2) is 0 Å². The fourth-order valence-corrected chi connectivity index (χ4v) is 2.97. The Kier molecular flexibility index (Phi) is 5.28. The average Bonchev–Trinajstić information content (AvgIpc) is 3.47. The molecule has 1 saturated carbocycles. The van der Waals surface area contributed by atoms with Gasteiger partial charge >= 0.3 is 0 Å². The number of nitrogens with one attached hydrogen (secondary N) is 2. The summed E-state index contributed by atoms with van der Waals surface area (Å²) in [5.41, 5.74) is 0.885. The average molecular weight is 389 g/mol. The molecule has 1 fully saturated rings. The second-order valence-corrected chi connectivity index (χ2v) is 6.95. The zero-order chi connectivity index (χ0) is 19.6. The van der Waals surface area contributed by atoms with Gasteiger partial charge in [-0.1, -0.05) is 17.7 Å². The molecule has 1 aliphatic carbocycles. The van der Waals surface area contributed by atoms with Crippen molar-refractivity contribution in [2.75, 3.05) is 24.9 Å². The second-order valence-electron chi connectivity index (χ2n) is 6.52. The number of rotatable bonds is 6. The van der Waals surface area contributed by atoms with Crippen LogP contribution in [0.25, 0.3) is 0 Å². The minimum Gasteiger partial charge on any atom is -0.497 e. The van der Waals surface area contributed by atoms with Gasteiger partial charge < -0.3 is 20.1 Å². The lowest BCUT2D eigenvalue weighted by atomic mass is 10.0. The third-order valence-corrected chi connectivity index (χ3v) is 4.96. The van der Waals surface area contributed by atoms with Gasteiger partial charge in [0.25, 0.3) is 0 Å². The van der Waals surface area contributed by atoms with Crippen LogP contribution in [-0.2, 0) is 9.59 Å². The first-order chi connectivity index (χ1) is 12.9. The summed E-state index contributed by atoms with van der Waals surface area (Å²) >= 11 is 6.00. The standard InChI is InChI=1S/C20H21ClN2O4/c1-12-4-5-13(21)10-16(12)23-19(25)20(8-9-20)18(24)22-15-7-6-14(26-2)11-17(15)27-3/h4-7,10-11H,8-9H2,1-3H3,(H,22,24)(H,23,25). The van der Waals surface area contributed by atoms with Crippen molar-refractivity contribution in [3.8, 4) is 11.5 Å². The van der Waals surface area contributed by atoms with Crippen LogP contribution in [0.2, 0.25) is 5.02 Å². The van der Waals surface area contributed by atoms with E-state index in [1.54, 1.807) is 37.4 Å². The third-order valence-electron chi connectivity index (χ3n) is 4.72. The largest absolute Gasteiger partial charge is 0.497 e. The van der Waals surface area contributed by atoms with Gasteiger partial charge in [0.05, 0.1) is 19.9 Å². The fourth-order valence-electron chi connectivity index (χ4n) is 2.80. The van der Waals surface area contributed by atoms with E-state index in [2.05, 4.69) is 10.6 Å². The monoisotopic (exact) mass is 388 g/mol. The summed E-state index contributed by atoms with van der Waals surface area (Å²) < 4.78 is 10.5. The highest BCUT2D eigenvalue weighted by Crippen LogP contribution is 2.48. The van der Waals surface area contributed by atoms with Crippen LogP contribution in [0.3, 0.4) is 0 Å². The van der Waals surface area contributed by atoms with Gasteiger partial charge in [0, 0.05) is 16.8 Å². The van der Waals surface area contributed by atoms with Gasteiger partial charge in [-0.05, 0) is 49.6 Å². The SMILES string of the molecule is COc1ccc(NC(=O)C2(C(=O)Nc3cc(Cl)ccc3C)CC2)c(OC)c1. The molecule has 27 heavy (non-hydrogen) atoms. The molecule has 1 aliphatic rings. The normalized spacial score (nSPS) is 14.2. The number of amides is 2. The molecular formula is C20H21ClN2O4. The van der Waals surface area contributed by atoms with Crippen molar-refractivity contribution in [1.82, 2.24) is 0 Å². The van der Waals surface area contributed by atoms with Crippen molar-refractivity contribution in [1.29, 1.82) is 0 Å². The lowest BCUT2D eigenvalue weighted by molar-refractivity contribution is -0.131. The molecule has 3 rings (SSSR count). The molecule has 0 aromatic heterocycles. The van der Waals surface area contributed by atoms with Crippen LogP contribution >= 0.6 is 11.6 Å². The highest BCUT2D eigenvalue weighted by atomic mass is 35.5. The molecule has 0 heterocycles. The molecule has 142 valence electrons. The number of carbonyl (C=O) groups is 2. The zero-order valence-corrected chi connectivity index (χ0v) is 16.1. The van der Waals surface area contributed by atoms with E-state index in [4.69, 9.17) is 21.1 Å². The summed E-state index contributed by atoms with van der Waals surface area (Å²) in [4.78, 5) is 25.6. The minimum atomic E-state index is -1.08. The van der Waals surface area contributed by atoms with Gasteiger partial charge in [-0.15, -0.1) is 0 Å². The van der Waals surface area contributed by atoms with Crippen LogP contribution < -0.4 is 20.1 Å². The summed E-state index contributed by atoms with van der Waals surface area (Å²) in [6, 6.07) is 10.3. The Hall–Kier alpha value is -2.73. The number of halogens is 1. The summed E-state index contributed by atoms with van der Waals surface area (Å²) in [7, 11) is 3.06. The van der Waals surface area contributed by atoms with Gasteiger partial charge in [0.1, 0.15) is 16.9 Å². The van der Waals surface area contributed by atoms with E-state index in [-0.39, 0.29) is 11.8 Å². The minimum absolute atomic E-state index is 0.335. The third kappa shape index (κ3) is 3.85. The Bertz CT molecular complexity index is 894. The van der Waals surface area contributed by atoms with Crippen molar-refractivity contribution < 1.29 is 19.1 Å². The lowest BCUT2D eigenvalue weighted by Gasteiger charge is -2.18. The molecule has 0 atom stereocenters. The van der Waals surface area contributed by atoms with E-state index in [0.29, 0.717) is 40.7 Å². The van der Waals surface area contributed by atoms with Crippen molar-refractivity contribution in [3.05, 3.63) is 47.0 Å². The van der Waals surface area contributed by atoms with Gasteiger partial charge in [0.15, 0.2) is 0 Å². The predicted octanol–water partition coefficient (Wildman–Crippen LogP) is 4.02. The van der Waals surface area contributed by atoms with E-state index in [9.17, 15) is 9.59 Å². The highest BCUT2D eigenvalue weighted by molar-refractivity contribution is 6.31. The molecule has 2 N–H and O–H groups in total. The second kappa shape index (κ2) is 7.48. The molecule has 2 amide bonds. The number of ether oxygens (including phenoxy) is 2. The van der Waals surface area contributed by atoms with E-state index < -0.39 is 5.41 Å². The van der Waals surface area contributed by atoms with Crippen molar-refractivity contribution in [2.24, 2.45) is 5.41 Å². The molecular weight excluding hydrogens is 368 g/mol. The first-order valence-electron chi connectivity index (χ1n) is 8.51. The van der Waals surface area contributed by atoms with Crippen LogP contribution in [0.4, 0.5) is 11.4 Å². The predicted molar refractivity (Wildman–Crippen MR) is 105 cm³/mol. The molecule has 0 saturated heterocycles. The first kappa shape index (κ1) is 19.0. The summed E-state index contributed by atoms with van der Waals surface area (Å²) in [6.45, 7) is 1.87. The smallest absolute Gasteiger partial charge is 0.240 e. The number of benzene rings is 2. The first-order valence-corrected chi connectivity index (χ1v) is 8.88. The Morgan fingerprint density at radius 1 is 0.963 bits per heavy atom. The Morgan fingerprint density at radius 3 is 2.22 bits per heavy atom.